The Labute approximate surface area is 111 Å². The molecule has 0 bridgehead atoms. The van der Waals surface area contributed by atoms with Crippen molar-refractivity contribution in [2.75, 3.05) is 6.54 Å². The summed E-state index contributed by atoms with van der Waals surface area (Å²) in [6.07, 6.45) is 2.05. The van der Waals surface area contributed by atoms with E-state index in [0.717, 1.165) is 5.76 Å². The predicted molar refractivity (Wildman–Crippen MR) is 69.1 cm³/mol. The smallest absolute Gasteiger partial charge is 0.242 e. The monoisotopic (exact) mass is 285 g/mol. The van der Waals surface area contributed by atoms with Gasteiger partial charge in [-0.3, -0.25) is 0 Å². The van der Waals surface area contributed by atoms with Crippen LogP contribution >= 0.6 is 11.6 Å². The molecule has 1 aromatic heterocycles. The second kappa shape index (κ2) is 5.56. The Bertz CT molecular complexity index is 608. The van der Waals surface area contributed by atoms with Crippen molar-refractivity contribution < 1.29 is 12.8 Å². The van der Waals surface area contributed by atoms with Gasteiger partial charge in [0.05, 0.1) is 11.3 Å². The third-order valence-corrected chi connectivity index (χ3v) is 4.33. The third kappa shape index (κ3) is 3.13. The lowest BCUT2D eigenvalue weighted by molar-refractivity contribution is 0.506. The standard InChI is InChI=1S/C12H12ClNO3S/c13-11-5-1-2-6-12(11)18(15,16)14-8-7-10-4-3-9-17-10/h1-6,9,14H,7-8H2. The number of benzene rings is 1. The van der Waals surface area contributed by atoms with Gasteiger partial charge in [-0.15, -0.1) is 0 Å². The Morgan fingerprint density at radius 1 is 1.17 bits per heavy atom. The molecule has 1 N–H and O–H groups in total. The summed E-state index contributed by atoms with van der Waals surface area (Å²) >= 11 is 5.85. The molecule has 0 saturated heterocycles. The minimum absolute atomic E-state index is 0.0890. The van der Waals surface area contributed by atoms with E-state index in [-0.39, 0.29) is 16.5 Å². The van der Waals surface area contributed by atoms with Crippen molar-refractivity contribution in [1.29, 1.82) is 0 Å². The average molecular weight is 286 g/mol. The molecule has 0 atom stereocenters. The van der Waals surface area contributed by atoms with E-state index in [1.807, 2.05) is 0 Å². The van der Waals surface area contributed by atoms with E-state index < -0.39 is 10.0 Å². The lowest BCUT2D eigenvalue weighted by Gasteiger charge is -2.07. The average Bonchev–Trinajstić information content (AvgIpc) is 2.82. The molecule has 2 aromatic rings. The van der Waals surface area contributed by atoms with Gasteiger partial charge in [0.15, 0.2) is 0 Å². The summed E-state index contributed by atoms with van der Waals surface area (Å²) in [5.41, 5.74) is 0. The molecule has 4 nitrogen and oxygen atoms in total. The molecule has 0 aliphatic heterocycles. The number of sulfonamides is 1. The van der Waals surface area contributed by atoms with E-state index in [1.165, 1.54) is 6.07 Å². The summed E-state index contributed by atoms with van der Waals surface area (Å²) < 4.78 is 31.5. The predicted octanol–water partition coefficient (Wildman–Crippen LogP) is 2.45. The second-order valence-corrected chi connectivity index (χ2v) is 5.80. The summed E-state index contributed by atoms with van der Waals surface area (Å²) in [5, 5.41) is 0.211. The first-order valence-corrected chi connectivity index (χ1v) is 7.22. The molecular weight excluding hydrogens is 274 g/mol. The summed E-state index contributed by atoms with van der Waals surface area (Å²) in [4.78, 5) is 0.0890. The molecule has 2 rings (SSSR count). The Balaban J connectivity index is 2.02. The van der Waals surface area contributed by atoms with Crippen LogP contribution in [0.4, 0.5) is 0 Å². The zero-order chi connectivity index (χ0) is 13.0. The lowest BCUT2D eigenvalue weighted by Crippen LogP contribution is -2.26. The van der Waals surface area contributed by atoms with Crippen LogP contribution < -0.4 is 4.72 Å². The fourth-order valence-corrected chi connectivity index (χ4v) is 3.05. The van der Waals surface area contributed by atoms with E-state index in [1.54, 1.807) is 36.6 Å². The van der Waals surface area contributed by atoms with E-state index in [2.05, 4.69) is 4.72 Å². The van der Waals surface area contributed by atoms with Gasteiger partial charge >= 0.3 is 0 Å². The Morgan fingerprint density at radius 2 is 1.94 bits per heavy atom. The van der Waals surface area contributed by atoms with Crippen LogP contribution in [0, 0.1) is 0 Å². The fourth-order valence-electron chi connectivity index (χ4n) is 1.50. The number of furan rings is 1. The maximum absolute atomic E-state index is 12.0. The first-order chi connectivity index (χ1) is 8.59. The van der Waals surface area contributed by atoms with Gasteiger partial charge < -0.3 is 4.42 Å². The van der Waals surface area contributed by atoms with Gasteiger partial charge in [-0.05, 0) is 24.3 Å². The largest absolute Gasteiger partial charge is 0.469 e. The van der Waals surface area contributed by atoms with E-state index in [9.17, 15) is 8.42 Å². The van der Waals surface area contributed by atoms with Crippen LogP contribution in [0.2, 0.25) is 5.02 Å². The SMILES string of the molecule is O=S(=O)(NCCc1ccco1)c1ccccc1Cl. The molecule has 0 aliphatic carbocycles. The molecule has 0 radical (unpaired) electrons. The fraction of sp³-hybridized carbons (Fsp3) is 0.167. The summed E-state index contributed by atoms with van der Waals surface area (Å²) in [6, 6.07) is 9.89. The highest BCUT2D eigenvalue weighted by Gasteiger charge is 2.16. The number of rotatable bonds is 5. The third-order valence-electron chi connectivity index (χ3n) is 2.37. The highest BCUT2D eigenvalue weighted by Crippen LogP contribution is 2.19. The molecular formula is C12H12ClNO3S. The van der Waals surface area contributed by atoms with Crippen LogP contribution in [0.25, 0.3) is 0 Å². The number of nitrogens with one attached hydrogen (secondary N) is 1. The molecule has 1 aromatic carbocycles. The van der Waals surface area contributed by atoms with Crippen LogP contribution in [0.15, 0.2) is 52.0 Å². The van der Waals surface area contributed by atoms with Crippen LogP contribution in [0.5, 0.6) is 0 Å². The normalized spacial score (nSPS) is 11.6. The quantitative estimate of drug-likeness (QED) is 0.918. The summed E-state index contributed by atoms with van der Waals surface area (Å²) in [7, 11) is -3.57. The lowest BCUT2D eigenvalue weighted by atomic mass is 10.3. The number of hydrogen-bond donors (Lipinski definition) is 1. The van der Waals surface area contributed by atoms with Crippen molar-refractivity contribution >= 4 is 21.6 Å². The molecule has 0 saturated carbocycles. The minimum atomic E-state index is -3.57. The Morgan fingerprint density at radius 3 is 2.61 bits per heavy atom. The summed E-state index contributed by atoms with van der Waals surface area (Å²) in [5.74, 6) is 0.733. The van der Waals surface area contributed by atoms with E-state index in [4.69, 9.17) is 16.0 Å². The van der Waals surface area contributed by atoms with Crippen LogP contribution in [-0.4, -0.2) is 15.0 Å². The van der Waals surface area contributed by atoms with Crippen LogP contribution in [0.3, 0.4) is 0 Å². The zero-order valence-corrected chi connectivity index (χ0v) is 11.0. The van der Waals surface area contributed by atoms with Crippen molar-refractivity contribution in [3.05, 3.63) is 53.4 Å². The van der Waals surface area contributed by atoms with Crippen molar-refractivity contribution in [2.45, 2.75) is 11.3 Å². The van der Waals surface area contributed by atoms with Gasteiger partial charge in [0.2, 0.25) is 10.0 Å². The summed E-state index contributed by atoms with van der Waals surface area (Å²) in [6.45, 7) is 0.265. The molecule has 0 amide bonds. The Kier molecular flexibility index (Phi) is 4.06. The van der Waals surface area contributed by atoms with Gasteiger partial charge in [0.25, 0.3) is 0 Å². The maximum atomic E-state index is 12.0. The molecule has 18 heavy (non-hydrogen) atoms. The van der Waals surface area contributed by atoms with Crippen molar-refractivity contribution in [1.82, 2.24) is 4.72 Å². The second-order valence-electron chi connectivity index (χ2n) is 3.66. The molecule has 0 fully saturated rings. The van der Waals surface area contributed by atoms with Gasteiger partial charge in [0, 0.05) is 13.0 Å². The number of hydrogen-bond acceptors (Lipinski definition) is 3. The molecule has 0 spiro atoms. The number of halogens is 1. The highest BCUT2D eigenvalue weighted by molar-refractivity contribution is 7.89. The molecule has 96 valence electrons. The van der Waals surface area contributed by atoms with Crippen LogP contribution in [0.1, 0.15) is 5.76 Å². The van der Waals surface area contributed by atoms with Crippen molar-refractivity contribution in [3.63, 3.8) is 0 Å². The molecule has 0 aliphatic rings. The molecule has 6 heteroatoms. The minimum Gasteiger partial charge on any atom is -0.469 e. The van der Waals surface area contributed by atoms with E-state index in [0.29, 0.717) is 6.42 Å². The van der Waals surface area contributed by atoms with Crippen molar-refractivity contribution in [2.24, 2.45) is 0 Å². The van der Waals surface area contributed by atoms with E-state index >= 15 is 0 Å². The van der Waals surface area contributed by atoms with Gasteiger partial charge in [0.1, 0.15) is 10.7 Å². The highest BCUT2D eigenvalue weighted by atomic mass is 35.5. The van der Waals surface area contributed by atoms with Gasteiger partial charge in [-0.25, -0.2) is 13.1 Å². The van der Waals surface area contributed by atoms with Gasteiger partial charge in [-0.1, -0.05) is 23.7 Å². The van der Waals surface area contributed by atoms with Gasteiger partial charge in [-0.2, -0.15) is 0 Å². The Hall–Kier alpha value is -1.30. The first kappa shape index (κ1) is 13.1. The first-order valence-electron chi connectivity index (χ1n) is 5.36. The molecule has 0 unspecified atom stereocenters. The molecule has 1 heterocycles. The topological polar surface area (TPSA) is 59.3 Å². The van der Waals surface area contributed by atoms with Crippen LogP contribution in [-0.2, 0) is 16.4 Å². The van der Waals surface area contributed by atoms with Crippen molar-refractivity contribution in [3.8, 4) is 0 Å². The maximum Gasteiger partial charge on any atom is 0.242 e. The zero-order valence-electron chi connectivity index (χ0n) is 9.47.